The first-order chi connectivity index (χ1) is 15.2. The summed E-state index contributed by atoms with van der Waals surface area (Å²) in [6, 6.07) is 13.7. The molecule has 0 unspecified atom stereocenters. The summed E-state index contributed by atoms with van der Waals surface area (Å²) >= 11 is 0.457. The fourth-order valence-electron chi connectivity index (χ4n) is 3.42. The normalized spacial score (nSPS) is 11.3. The average Bonchev–Trinajstić information content (AvgIpc) is 3.06. The molecule has 0 spiro atoms. The summed E-state index contributed by atoms with van der Waals surface area (Å²) in [5, 5.41) is 4.44. The van der Waals surface area contributed by atoms with Gasteiger partial charge in [-0.3, -0.25) is 9.59 Å². The molecule has 0 saturated heterocycles. The molecule has 2 aromatic carbocycles. The minimum atomic E-state index is -2.50. The number of halogens is 2. The van der Waals surface area contributed by atoms with E-state index in [2.05, 4.69) is 5.10 Å². The Hall–Kier alpha value is -3.20. The van der Waals surface area contributed by atoms with Crippen LogP contribution in [0.25, 0.3) is 11.3 Å². The van der Waals surface area contributed by atoms with Crippen molar-refractivity contribution < 1.29 is 18.4 Å². The summed E-state index contributed by atoms with van der Waals surface area (Å²) in [5.74, 6) is -2.98. The predicted octanol–water partition coefficient (Wildman–Crippen LogP) is 4.48. The van der Waals surface area contributed by atoms with E-state index in [1.54, 1.807) is 53.2 Å². The molecule has 1 aromatic heterocycles. The second-order valence-corrected chi connectivity index (χ2v) is 8.69. The number of primary amides is 1. The molecule has 3 rings (SSSR count). The Labute approximate surface area is 189 Å². The monoisotopic (exact) mass is 458 g/mol. The summed E-state index contributed by atoms with van der Waals surface area (Å²) in [6.07, 6.45) is 0.346. The summed E-state index contributed by atoms with van der Waals surface area (Å²) in [5.41, 5.74) is 14.3. The maximum atomic E-state index is 12.5. The highest BCUT2D eigenvalue weighted by Crippen LogP contribution is 2.29. The number of aromatic nitrogens is 2. The molecular formula is C23H24F2N4O2S. The maximum absolute atomic E-state index is 12.5. The number of carbonyl (C=O) groups is 2. The zero-order valence-electron chi connectivity index (χ0n) is 17.7. The number of thioether (sulfide) groups is 1. The van der Waals surface area contributed by atoms with Crippen LogP contribution in [0.1, 0.15) is 41.4 Å². The molecule has 0 radical (unpaired) electrons. The van der Waals surface area contributed by atoms with Crippen molar-refractivity contribution in [2.45, 2.75) is 43.4 Å². The molecule has 0 saturated carbocycles. The van der Waals surface area contributed by atoms with Gasteiger partial charge in [0.1, 0.15) is 22.9 Å². The smallest absolute Gasteiger partial charge is 0.288 e. The fourth-order valence-corrected chi connectivity index (χ4v) is 4.00. The van der Waals surface area contributed by atoms with Crippen LogP contribution in [0, 0.1) is 0 Å². The summed E-state index contributed by atoms with van der Waals surface area (Å²) in [4.78, 5) is 24.8. The molecule has 4 N–H and O–H groups in total. The molecule has 0 aliphatic heterocycles. The van der Waals surface area contributed by atoms with Gasteiger partial charge >= 0.3 is 0 Å². The largest absolute Gasteiger partial charge is 0.383 e. The highest BCUT2D eigenvalue weighted by molar-refractivity contribution is 7.99. The van der Waals surface area contributed by atoms with E-state index in [9.17, 15) is 18.4 Å². The Kier molecular flexibility index (Phi) is 7.29. The number of alkyl halides is 2. The molecular weight excluding hydrogens is 434 g/mol. The highest BCUT2D eigenvalue weighted by Gasteiger charge is 2.22. The zero-order chi connectivity index (χ0) is 23.4. The Morgan fingerprint density at radius 3 is 2.31 bits per heavy atom. The number of anilines is 1. The molecule has 1 amide bonds. The lowest BCUT2D eigenvalue weighted by molar-refractivity contribution is -0.117. The van der Waals surface area contributed by atoms with E-state index in [1.165, 1.54) is 0 Å². The van der Waals surface area contributed by atoms with Gasteiger partial charge < -0.3 is 11.5 Å². The van der Waals surface area contributed by atoms with Crippen LogP contribution in [-0.2, 0) is 17.6 Å². The molecule has 32 heavy (non-hydrogen) atoms. The molecule has 6 nitrogen and oxygen atoms in total. The first kappa shape index (κ1) is 23.5. The Bertz CT molecular complexity index is 1130. The minimum absolute atomic E-state index is 0.0388. The number of nitrogens with zero attached hydrogens (tertiary/aromatic N) is 2. The van der Waals surface area contributed by atoms with E-state index >= 15 is 0 Å². The average molecular weight is 459 g/mol. The number of nitrogen functional groups attached to an aromatic ring is 1. The molecule has 1 heterocycles. The predicted molar refractivity (Wildman–Crippen MR) is 122 cm³/mol. The summed E-state index contributed by atoms with van der Waals surface area (Å²) < 4.78 is 26.6. The van der Waals surface area contributed by atoms with E-state index in [4.69, 9.17) is 11.5 Å². The van der Waals surface area contributed by atoms with Crippen molar-refractivity contribution in [1.29, 1.82) is 0 Å². The molecule has 0 fully saturated rings. The lowest BCUT2D eigenvalue weighted by atomic mass is 10.00. The van der Waals surface area contributed by atoms with Crippen LogP contribution in [0.15, 0.2) is 53.4 Å². The van der Waals surface area contributed by atoms with Crippen molar-refractivity contribution in [2.24, 2.45) is 5.73 Å². The number of hydrogen-bond acceptors (Lipinski definition) is 5. The first-order valence-electron chi connectivity index (χ1n) is 9.98. The van der Waals surface area contributed by atoms with E-state index < -0.39 is 11.7 Å². The Morgan fingerprint density at radius 2 is 1.72 bits per heavy atom. The fraction of sp³-hybridized carbons (Fsp3) is 0.261. The van der Waals surface area contributed by atoms with Crippen LogP contribution in [-0.4, -0.2) is 27.2 Å². The standard InChI is InChI=1S/C23H24F2N4O2S/c1-13(2)29-21(26)19(22(27)31)20(28-29)16-8-6-14(7-9-16)10-17(30)11-15-4-3-5-18(12-15)32-23(24)25/h3-9,12-13,23H,10-11,26H2,1-2H3,(H2,27,31). The van der Waals surface area contributed by atoms with Gasteiger partial charge in [-0.1, -0.05) is 48.2 Å². The third kappa shape index (κ3) is 5.53. The highest BCUT2D eigenvalue weighted by atomic mass is 32.2. The van der Waals surface area contributed by atoms with E-state index in [-0.39, 0.29) is 36.0 Å². The first-order valence-corrected chi connectivity index (χ1v) is 10.9. The van der Waals surface area contributed by atoms with Crippen molar-refractivity contribution in [1.82, 2.24) is 9.78 Å². The molecule has 0 atom stereocenters. The van der Waals surface area contributed by atoms with Crippen LogP contribution in [0.5, 0.6) is 0 Å². The third-order valence-electron chi connectivity index (χ3n) is 4.84. The number of rotatable bonds is 9. The van der Waals surface area contributed by atoms with Crippen molar-refractivity contribution in [3.63, 3.8) is 0 Å². The van der Waals surface area contributed by atoms with E-state index in [0.29, 0.717) is 33.5 Å². The summed E-state index contributed by atoms with van der Waals surface area (Å²) in [7, 11) is 0. The van der Waals surface area contributed by atoms with Gasteiger partial charge in [-0.25, -0.2) is 4.68 Å². The van der Waals surface area contributed by atoms with Gasteiger partial charge in [-0.15, -0.1) is 0 Å². The van der Waals surface area contributed by atoms with Gasteiger partial charge in [0.15, 0.2) is 0 Å². The molecule has 0 bridgehead atoms. The van der Waals surface area contributed by atoms with Crippen LogP contribution >= 0.6 is 11.8 Å². The molecule has 9 heteroatoms. The van der Waals surface area contributed by atoms with Gasteiger partial charge in [-0.05, 0) is 37.1 Å². The van der Waals surface area contributed by atoms with Gasteiger partial charge in [0.2, 0.25) is 0 Å². The Morgan fingerprint density at radius 1 is 1.06 bits per heavy atom. The van der Waals surface area contributed by atoms with Crippen LogP contribution in [0.4, 0.5) is 14.6 Å². The van der Waals surface area contributed by atoms with Crippen molar-refractivity contribution in [2.75, 3.05) is 5.73 Å². The number of amides is 1. The number of hydrogen-bond donors (Lipinski definition) is 2. The van der Waals surface area contributed by atoms with Gasteiger partial charge in [0.25, 0.3) is 11.7 Å². The van der Waals surface area contributed by atoms with Gasteiger partial charge in [-0.2, -0.15) is 13.9 Å². The SMILES string of the molecule is CC(C)n1nc(-c2ccc(CC(=O)Cc3cccc(SC(F)F)c3)cc2)c(C(N)=O)c1N. The molecule has 168 valence electrons. The molecule has 0 aliphatic rings. The van der Waals surface area contributed by atoms with Crippen molar-refractivity contribution >= 4 is 29.3 Å². The minimum Gasteiger partial charge on any atom is -0.383 e. The number of carbonyl (C=O) groups excluding carboxylic acids is 2. The zero-order valence-corrected chi connectivity index (χ0v) is 18.5. The summed E-state index contributed by atoms with van der Waals surface area (Å²) in [6.45, 7) is 3.79. The van der Waals surface area contributed by atoms with Crippen LogP contribution in [0.2, 0.25) is 0 Å². The quantitative estimate of drug-likeness (QED) is 0.460. The molecule has 0 aliphatic carbocycles. The van der Waals surface area contributed by atoms with E-state index in [1.807, 2.05) is 13.8 Å². The molecule has 3 aromatic rings. The topological polar surface area (TPSA) is 104 Å². The lowest BCUT2D eigenvalue weighted by Crippen LogP contribution is -2.15. The van der Waals surface area contributed by atoms with Crippen molar-refractivity contribution in [3.05, 3.63) is 65.2 Å². The number of Topliss-reactive ketones (excluding diaryl/α,β-unsaturated/α-hetero) is 1. The number of ketones is 1. The van der Waals surface area contributed by atoms with Crippen LogP contribution < -0.4 is 11.5 Å². The van der Waals surface area contributed by atoms with Crippen molar-refractivity contribution in [3.8, 4) is 11.3 Å². The second kappa shape index (κ2) is 9.95. The maximum Gasteiger partial charge on any atom is 0.288 e. The van der Waals surface area contributed by atoms with Gasteiger partial charge in [0, 0.05) is 29.3 Å². The lowest BCUT2D eigenvalue weighted by Gasteiger charge is -2.07. The Balaban J connectivity index is 1.74. The van der Waals surface area contributed by atoms with E-state index in [0.717, 1.165) is 5.56 Å². The second-order valence-electron chi connectivity index (χ2n) is 7.63. The number of benzene rings is 2. The van der Waals surface area contributed by atoms with Gasteiger partial charge in [0.05, 0.1) is 0 Å². The number of nitrogens with two attached hydrogens (primary N) is 2. The third-order valence-corrected chi connectivity index (χ3v) is 5.54. The van der Waals surface area contributed by atoms with Crippen LogP contribution in [0.3, 0.4) is 0 Å².